The summed E-state index contributed by atoms with van der Waals surface area (Å²) in [5.41, 5.74) is 7.55. The summed E-state index contributed by atoms with van der Waals surface area (Å²) in [6.45, 7) is 1.84. The lowest BCUT2D eigenvalue weighted by molar-refractivity contribution is -0.141. The number of nitrogens with two attached hydrogens (primary N) is 1. The number of aryl methyl sites for hydroxylation is 1. The maximum absolute atomic E-state index is 11.0. The fourth-order valence-electron chi connectivity index (χ4n) is 1.45. The van der Waals surface area contributed by atoms with Gasteiger partial charge in [-0.2, -0.15) is 0 Å². The minimum atomic E-state index is -0.391. The van der Waals surface area contributed by atoms with Gasteiger partial charge in [0, 0.05) is 6.04 Å². The molecule has 0 radical (unpaired) electrons. The first-order chi connectivity index (χ1) is 7.04. The number of hydrogen-bond acceptors (Lipinski definition) is 4. The van der Waals surface area contributed by atoms with E-state index in [9.17, 15) is 9.90 Å². The number of rotatable bonds is 3. The van der Waals surface area contributed by atoms with Crippen LogP contribution in [0, 0.1) is 6.92 Å². The Morgan fingerprint density at radius 3 is 2.80 bits per heavy atom. The van der Waals surface area contributed by atoms with Gasteiger partial charge in [-0.3, -0.25) is 4.79 Å². The van der Waals surface area contributed by atoms with Crippen molar-refractivity contribution >= 4 is 5.97 Å². The van der Waals surface area contributed by atoms with Crippen molar-refractivity contribution in [1.82, 2.24) is 0 Å². The molecule has 0 bridgehead atoms. The number of phenols is 1. The van der Waals surface area contributed by atoms with Gasteiger partial charge in [0.1, 0.15) is 5.75 Å². The van der Waals surface area contributed by atoms with Gasteiger partial charge in [0.2, 0.25) is 0 Å². The van der Waals surface area contributed by atoms with E-state index in [2.05, 4.69) is 4.74 Å². The number of ether oxygens (including phenoxy) is 1. The Labute approximate surface area is 88.7 Å². The number of aromatic hydroxyl groups is 1. The zero-order valence-corrected chi connectivity index (χ0v) is 8.86. The van der Waals surface area contributed by atoms with Gasteiger partial charge in [0.25, 0.3) is 0 Å². The van der Waals surface area contributed by atoms with Crippen LogP contribution in [0.4, 0.5) is 0 Å². The topological polar surface area (TPSA) is 72.5 Å². The van der Waals surface area contributed by atoms with Crippen molar-refractivity contribution in [1.29, 1.82) is 0 Å². The molecule has 0 spiro atoms. The van der Waals surface area contributed by atoms with Crippen molar-refractivity contribution in [2.75, 3.05) is 7.11 Å². The number of carbonyl (C=O) groups excluding carboxylic acids is 1. The first kappa shape index (κ1) is 11.5. The van der Waals surface area contributed by atoms with Crippen LogP contribution in [0.1, 0.15) is 23.6 Å². The molecule has 0 saturated carbocycles. The number of hydrogen-bond donors (Lipinski definition) is 2. The van der Waals surface area contributed by atoms with Gasteiger partial charge in [0.15, 0.2) is 0 Å². The minimum absolute atomic E-state index is 0.141. The summed E-state index contributed by atoms with van der Waals surface area (Å²) in [6, 6.07) is 4.50. The van der Waals surface area contributed by atoms with Crippen LogP contribution >= 0.6 is 0 Å². The molecule has 0 heterocycles. The second-order valence-corrected chi connectivity index (χ2v) is 3.43. The molecule has 0 aliphatic rings. The lowest BCUT2D eigenvalue weighted by Crippen LogP contribution is -2.17. The number of phenolic OH excluding ortho intramolecular Hbond substituents is 1. The highest BCUT2D eigenvalue weighted by molar-refractivity contribution is 5.70. The lowest BCUT2D eigenvalue weighted by Gasteiger charge is -2.13. The molecule has 1 rings (SSSR count). The summed E-state index contributed by atoms with van der Waals surface area (Å²) >= 11 is 0. The van der Waals surface area contributed by atoms with Crippen molar-refractivity contribution in [2.24, 2.45) is 5.73 Å². The molecule has 0 saturated heterocycles. The summed E-state index contributed by atoms with van der Waals surface area (Å²) in [4.78, 5) is 11.0. The minimum Gasteiger partial charge on any atom is -0.508 e. The largest absolute Gasteiger partial charge is 0.508 e. The zero-order valence-electron chi connectivity index (χ0n) is 8.86. The Hall–Kier alpha value is -1.55. The molecule has 1 aromatic carbocycles. The summed E-state index contributed by atoms with van der Waals surface area (Å²) in [5, 5.41) is 9.21. The molecule has 0 aliphatic carbocycles. The maximum atomic E-state index is 11.0. The monoisotopic (exact) mass is 209 g/mol. The summed E-state index contributed by atoms with van der Waals surface area (Å²) in [6.07, 6.45) is 0.141. The highest BCUT2D eigenvalue weighted by Gasteiger charge is 2.13. The van der Waals surface area contributed by atoms with E-state index in [-0.39, 0.29) is 18.1 Å². The second kappa shape index (κ2) is 4.79. The highest BCUT2D eigenvalue weighted by Crippen LogP contribution is 2.22. The fraction of sp³-hybridized carbons (Fsp3) is 0.364. The maximum Gasteiger partial charge on any atom is 0.307 e. The van der Waals surface area contributed by atoms with Gasteiger partial charge in [-0.1, -0.05) is 6.07 Å². The van der Waals surface area contributed by atoms with E-state index in [4.69, 9.17) is 5.73 Å². The van der Waals surface area contributed by atoms with Crippen molar-refractivity contribution in [2.45, 2.75) is 19.4 Å². The fourth-order valence-corrected chi connectivity index (χ4v) is 1.45. The van der Waals surface area contributed by atoms with Crippen LogP contribution in [0.2, 0.25) is 0 Å². The van der Waals surface area contributed by atoms with E-state index >= 15 is 0 Å². The normalized spacial score (nSPS) is 12.2. The standard InChI is InChI=1S/C11H15NO3/c1-7-5-8(13)3-4-9(7)10(12)6-11(14)15-2/h3-5,10,13H,6,12H2,1-2H3. The Kier molecular flexibility index (Phi) is 3.68. The average Bonchev–Trinajstić information content (AvgIpc) is 2.17. The predicted octanol–water partition coefficient (Wildman–Crippen LogP) is 1.26. The molecular formula is C11H15NO3. The number of carbonyl (C=O) groups is 1. The van der Waals surface area contributed by atoms with E-state index in [1.807, 2.05) is 6.92 Å². The second-order valence-electron chi connectivity index (χ2n) is 3.43. The summed E-state index contributed by atoms with van der Waals surface area (Å²) in [5.74, 6) is -0.142. The van der Waals surface area contributed by atoms with Gasteiger partial charge >= 0.3 is 5.97 Å². The number of methoxy groups -OCH3 is 1. The molecule has 3 N–H and O–H groups in total. The predicted molar refractivity (Wildman–Crippen MR) is 56.4 cm³/mol. The van der Waals surface area contributed by atoms with E-state index in [1.54, 1.807) is 18.2 Å². The quantitative estimate of drug-likeness (QED) is 0.735. The zero-order chi connectivity index (χ0) is 11.4. The first-order valence-electron chi connectivity index (χ1n) is 4.66. The molecule has 15 heavy (non-hydrogen) atoms. The van der Waals surface area contributed by atoms with Gasteiger partial charge in [-0.15, -0.1) is 0 Å². The van der Waals surface area contributed by atoms with Crippen LogP contribution in [-0.4, -0.2) is 18.2 Å². The first-order valence-corrected chi connectivity index (χ1v) is 4.66. The smallest absolute Gasteiger partial charge is 0.307 e. The van der Waals surface area contributed by atoms with E-state index in [1.165, 1.54) is 7.11 Å². The molecular weight excluding hydrogens is 194 g/mol. The van der Waals surface area contributed by atoms with E-state index in [0.717, 1.165) is 11.1 Å². The van der Waals surface area contributed by atoms with Crippen molar-refractivity contribution < 1.29 is 14.6 Å². The Morgan fingerprint density at radius 2 is 2.27 bits per heavy atom. The number of benzene rings is 1. The third kappa shape index (κ3) is 2.95. The van der Waals surface area contributed by atoms with Gasteiger partial charge in [-0.25, -0.2) is 0 Å². The van der Waals surface area contributed by atoms with Gasteiger partial charge in [-0.05, 0) is 30.2 Å². The van der Waals surface area contributed by atoms with Crippen LogP contribution in [0.3, 0.4) is 0 Å². The average molecular weight is 209 g/mol. The molecule has 0 aromatic heterocycles. The lowest BCUT2D eigenvalue weighted by atomic mass is 9.99. The van der Waals surface area contributed by atoms with E-state index in [0.29, 0.717) is 0 Å². The molecule has 0 fully saturated rings. The molecule has 82 valence electrons. The van der Waals surface area contributed by atoms with Crippen LogP contribution < -0.4 is 5.73 Å². The van der Waals surface area contributed by atoms with Gasteiger partial charge in [0.05, 0.1) is 13.5 Å². The van der Waals surface area contributed by atoms with E-state index < -0.39 is 6.04 Å². The molecule has 1 unspecified atom stereocenters. The highest BCUT2D eigenvalue weighted by atomic mass is 16.5. The molecule has 0 amide bonds. The van der Waals surface area contributed by atoms with Crippen molar-refractivity contribution in [3.05, 3.63) is 29.3 Å². The molecule has 1 aromatic rings. The van der Waals surface area contributed by atoms with Crippen LogP contribution in [0.5, 0.6) is 5.75 Å². The number of esters is 1. The Morgan fingerprint density at radius 1 is 1.60 bits per heavy atom. The Bertz CT molecular complexity index is 363. The Balaban J connectivity index is 2.82. The van der Waals surface area contributed by atoms with Crippen LogP contribution in [0.15, 0.2) is 18.2 Å². The molecule has 0 aliphatic heterocycles. The third-order valence-electron chi connectivity index (χ3n) is 2.27. The van der Waals surface area contributed by atoms with Crippen molar-refractivity contribution in [3.63, 3.8) is 0 Å². The molecule has 4 nitrogen and oxygen atoms in total. The van der Waals surface area contributed by atoms with Crippen LogP contribution in [-0.2, 0) is 9.53 Å². The third-order valence-corrected chi connectivity index (χ3v) is 2.27. The SMILES string of the molecule is COC(=O)CC(N)c1ccc(O)cc1C. The summed E-state index contributed by atoms with van der Waals surface area (Å²) < 4.78 is 4.54. The van der Waals surface area contributed by atoms with Crippen molar-refractivity contribution in [3.8, 4) is 5.75 Å². The molecule has 4 heteroatoms. The van der Waals surface area contributed by atoms with Crippen LogP contribution in [0.25, 0.3) is 0 Å². The molecule has 1 atom stereocenters. The van der Waals surface area contributed by atoms with Gasteiger partial charge < -0.3 is 15.6 Å². The summed E-state index contributed by atoms with van der Waals surface area (Å²) in [7, 11) is 1.33.